The highest BCUT2D eigenvalue weighted by Gasteiger charge is 1.83. The van der Waals surface area contributed by atoms with Gasteiger partial charge in [-0.1, -0.05) is 50.5 Å². The molecular weight excluding hydrogens is 168 g/mol. The van der Waals surface area contributed by atoms with Gasteiger partial charge in [-0.3, -0.25) is 0 Å². The Balaban J connectivity index is 3.07. The molecule has 0 aromatic rings. The summed E-state index contributed by atoms with van der Waals surface area (Å²) in [4.78, 5) is 0. The van der Waals surface area contributed by atoms with E-state index in [1.54, 1.807) is 0 Å². The van der Waals surface area contributed by atoms with Gasteiger partial charge in [0.25, 0.3) is 0 Å². The molecule has 0 bridgehead atoms. The van der Waals surface area contributed by atoms with Crippen LogP contribution in [0.4, 0.5) is 0 Å². The molecule has 81 valence electrons. The highest BCUT2D eigenvalue weighted by atomic mass is 13.9. The molecule has 0 heterocycles. The normalized spacial score (nSPS) is 11.9. The third-order valence-electron chi connectivity index (χ3n) is 2.22. The fraction of sp³-hybridized carbons (Fsp3) is 0.643. The zero-order chi connectivity index (χ0) is 10.5. The Hall–Kier alpha value is -0.520. The van der Waals surface area contributed by atoms with Gasteiger partial charge in [0.1, 0.15) is 0 Å². The summed E-state index contributed by atoms with van der Waals surface area (Å²) in [6, 6.07) is 0. The van der Waals surface area contributed by atoms with E-state index in [9.17, 15) is 0 Å². The zero-order valence-electron chi connectivity index (χ0n) is 9.67. The van der Waals surface area contributed by atoms with Gasteiger partial charge in [0.05, 0.1) is 0 Å². The Kier molecular flexibility index (Phi) is 12.0. The molecule has 0 aromatic heterocycles. The number of hydrogen-bond acceptors (Lipinski definition) is 0. The molecular formula is C14H25. The van der Waals surface area contributed by atoms with Crippen LogP contribution in [0.3, 0.4) is 0 Å². The Bertz CT molecular complexity index is 142. The first-order valence-electron chi connectivity index (χ1n) is 6.01. The minimum absolute atomic E-state index is 0.917. The van der Waals surface area contributed by atoms with Gasteiger partial charge in [-0.05, 0) is 39.0 Å². The molecule has 14 heavy (non-hydrogen) atoms. The van der Waals surface area contributed by atoms with Gasteiger partial charge >= 0.3 is 0 Å². The van der Waals surface area contributed by atoms with Crippen molar-refractivity contribution in [3.8, 4) is 0 Å². The van der Waals surface area contributed by atoms with Gasteiger partial charge < -0.3 is 0 Å². The smallest absolute Gasteiger partial charge is 0.0316 e. The Labute approximate surface area is 90.1 Å². The molecule has 0 fully saturated rings. The number of unbranched alkanes of at least 4 members (excludes halogenated alkanes) is 5. The summed E-state index contributed by atoms with van der Waals surface area (Å²) in [7, 11) is 0. The largest absolute Gasteiger partial charge is 0.0885 e. The van der Waals surface area contributed by atoms with E-state index in [1.165, 1.54) is 44.9 Å². The molecule has 1 radical (unpaired) electrons. The van der Waals surface area contributed by atoms with Crippen LogP contribution in [0.5, 0.6) is 0 Å². The van der Waals surface area contributed by atoms with E-state index in [2.05, 4.69) is 38.2 Å². The minimum atomic E-state index is 0.917. The molecule has 0 nitrogen and oxygen atoms in total. The molecule has 0 aliphatic rings. The predicted molar refractivity (Wildman–Crippen MR) is 66.2 cm³/mol. The maximum atomic E-state index is 3.76. The number of allylic oxidation sites excluding steroid dienone is 4. The van der Waals surface area contributed by atoms with Crippen molar-refractivity contribution in [2.75, 3.05) is 0 Å². The lowest BCUT2D eigenvalue weighted by Crippen LogP contribution is -1.73. The second kappa shape index (κ2) is 12.5. The Morgan fingerprint density at radius 3 is 2.07 bits per heavy atom. The first kappa shape index (κ1) is 13.5. The molecule has 0 aromatic carbocycles. The van der Waals surface area contributed by atoms with Crippen molar-refractivity contribution < 1.29 is 0 Å². The van der Waals surface area contributed by atoms with Crippen molar-refractivity contribution in [1.29, 1.82) is 0 Å². The SMILES string of the molecule is [CH2]CC=CCCC=CCCCCCC. The highest BCUT2D eigenvalue weighted by Crippen LogP contribution is 2.03. The lowest BCUT2D eigenvalue weighted by molar-refractivity contribution is 0.674. The first-order valence-corrected chi connectivity index (χ1v) is 6.01. The summed E-state index contributed by atoms with van der Waals surface area (Å²) >= 11 is 0. The molecule has 0 N–H and O–H groups in total. The van der Waals surface area contributed by atoms with Crippen LogP contribution in [0.25, 0.3) is 0 Å². The number of rotatable bonds is 9. The Morgan fingerprint density at radius 2 is 1.43 bits per heavy atom. The average Bonchev–Trinajstić information content (AvgIpc) is 2.21. The standard InChI is InChI=1S/C14H25/c1-3-5-7-9-11-13-14-12-10-8-6-4-2/h5,7,13-14H,1,3-4,6,8-12H2,2H3. The van der Waals surface area contributed by atoms with E-state index >= 15 is 0 Å². The summed E-state index contributed by atoms with van der Waals surface area (Å²) < 4.78 is 0. The Morgan fingerprint density at radius 1 is 0.786 bits per heavy atom. The van der Waals surface area contributed by atoms with Crippen LogP contribution in [0.15, 0.2) is 24.3 Å². The van der Waals surface area contributed by atoms with Crippen molar-refractivity contribution in [2.45, 2.75) is 58.3 Å². The van der Waals surface area contributed by atoms with E-state index in [4.69, 9.17) is 0 Å². The molecule has 0 amide bonds. The summed E-state index contributed by atoms with van der Waals surface area (Å²) in [6.45, 7) is 6.01. The summed E-state index contributed by atoms with van der Waals surface area (Å²) in [5.74, 6) is 0. The molecule has 0 aliphatic carbocycles. The third kappa shape index (κ3) is 11.5. The van der Waals surface area contributed by atoms with Gasteiger partial charge in [0.2, 0.25) is 0 Å². The summed E-state index contributed by atoms with van der Waals surface area (Å²) in [5, 5.41) is 0. The van der Waals surface area contributed by atoms with Gasteiger partial charge in [-0.25, -0.2) is 0 Å². The lowest BCUT2D eigenvalue weighted by Gasteiger charge is -1.93. The van der Waals surface area contributed by atoms with Crippen molar-refractivity contribution in [3.63, 3.8) is 0 Å². The highest BCUT2D eigenvalue weighted by molar-refractivity contribution is 4.88. The van der Waals surface area contributed by atoms with Crippen LogP contribution < -0.4 is 0 Å². The molecule has 0 rings (SSSR count). The first-order chi connectivity index (χ1) is 6.91. The third-order valence-corrected chi connectivity index (χ3v) is 2.22. The molecule has 0 heteroatoms. The van der Waals surface area contributed by atoms with Crippen LogP contribution in [0.1, 0.15) is 58.3 Å². The molecule has 0 aliphatic heterocycles. The van der Waals surface area contributed by atoms with E-state index in [1.807, 2.05) is 0 Å². The fourth-order valence-electron chi connectivity index (χ4n) is 1.35. The maximum Gasteiger partial charge on any atom is -0.0316 e. The van der Waals surface area contributed by atoms with Crippen molar-refractivity contribution in [2.24, 2.45) is 0 Å². The maximum absolute atomic E-state index is 3.76. The van der Waals surface area contributed by atoms with Gasteiger partial charge in [-0.15, -0.1) is 0 Å². The second-order valence-corrected chi connectivity index (χ2v) is 3.66. The van der Waals surface area contributed by atoms with E-state index in [0.29, 0.717) is 0 Å². The van der Waals surface area contributed by atoms with E-state index in [-0.39, 0.29) is 0 Å². The summed E-state index contributed by atoms with van der Waals surface area (Å²) in [6.07, 6.45) is 19.0. The fourth-order valence-corrected chi connectivity index (χ4v) is 1.35. The van der Waals surface area contributed by atoms with Crippen molar-refractivity contribution in [3.05, 3.63) is 31.2 Å². The second-order valence-electron chi connectivity index (χ2n) is 3.66. The minimum Gasteiger partial charge on any atom is -0.0885 e. The lowest BCUT2D eigenvalue weighted by atomic mass is 10.1. The quantitative estimate of drug-likeness (QED) is 0.354. The van der Waals surface area contributed by atoms with Gasteiger partial charge in [0.15, 0.2) is 0 Å². The van der Waals surface area contributed by atoms with Crippen LogP contribution in [0.2, 0.25) is 0 Å². The van der Waals surface area contributed by atoms with Crippen LogP contribution in [-0.2, 0) is 0 Å². The van der Waals surface area contributed by atoms with Gasteiger partial charge in [-0.2, -0.15) is 0 Å². The molecule has 0 saturated carbocycles. The van der Waals surface area contributed by atoms with Crippen LogP contribution in [0, 0.1) is 6.92 Å². The monoisotopic (exact) mass is 193 g/mol. The predicted octanol–water partition coefficient (Wildman–Crippen LogP) is 5.07. The average molecular weight is 193 g/mol. The molecule has 0 saturated heterocycles. The van der Waals surface area contributed by atoms with Crippen LogP contribution in [-0.4, -0.2) is 0 Å². The molecule has 0 spiro atoms. The van der Waals surface area contributed by atoms with Crippen LogP contribution >= 0.6 is 0 Å². The van der Waals surface area contributed by atoms with Crippen molar-refractivity contribution >= 4 is 0 Å². The molecule has 0 atom stereocenters. The van der Waals surface area contributed by atoms with E-state index in [0.717, 1.165) is 6.42 Å². The van der Waals surface area contributed by atoms with Gasteiger partial charge in [0, 0.05) is 0 Å². The summed E-state index contributed by atoms with van der Waals surface area (Å²) in [5.41, 5.74) is 0. The van der Waals surface area contributed by atoms with E-state index < -0.39 is 0 Å². The number of hydrogen-bond donors (Lipinski definition) is 0. The molecule has 0 unspecified atom stereocenters. The van der Waals surface area contributed by atoms with Crippen molar-refractivity contribution in [1.82, 2.24) is 0 Å². The topological polar surface area (TPSA) is 0 Å². The zero-order valence-corrected chi connectivity index (χ0v) is 9.67.